The van der Waals surface area contributed by atoms with Crippen molar-refractivity contribution in [2.45, 2.75) is 13.8 Å². The highest BCUT2D eigenvalue weighted by molar-refractivity contribution is 14.1. The summed E-state index contributed by atoms with van der Waals surface area (Å²) in [5.74, 6) is 0.904. The average molecular weight is 510 g/mol. The Labute approximate surface area is 181 Å². The summed E-state index contributed by atoms with van der Waals surface area (Å²) in [4.78, 5) is 17.4. The number of hydrogen-bond acceptors (Lipinski definition) is 6. The van der Waals surface area contributed by atoms with E-state index in [1.54, 1.807) is 25.3 Å². The molecule has 2 aromatic carbocycles. The van der Waals surface area contributed by atoms with Gasteiger partial charge in [0.05, 0.1) is 22.2 Å². The van der Waals surface area contributed by atoms with Crippen molar-refractivity contribution in [1.82, 2.24) is 5.32 Å². The molecule has 28 heavy (non-hydrogen) atoms. The van der Waals surface area contributed by atoms with E-state index in [0.29, 0.717) is 37.4 Å². The van der Waals surface area contributed by atoms with Crippen LogP contribution in [0.3, 0.4) is 0 Å². The number of methoxy groups -OCH3 is 1. The van der Waals surface area contributed by atoms with E-state index in [1.165, 1.54) is 11.8 Å². The van der Waals surface area contributed by atoms with Crippen LogP contribution < -0.4 is 14.8 Å². The number of aromatic hydroxyl groups is 1. The van der Waals surface area contributed by atoms with Crippen LogP contribution >= 0.6 is 34.4 Å². The fourth-order valence-corrected chi connectivity index (χ4v) is 4.03. The van der Waals surface area contributed by atoms with E-state index in [1.807, 2.05) is 54.6 Å². The third-order valence-corrected chi connectivity index (χ3v) is 5.59. The van der Waals surface area contributed by atoms with Crippen LogP contribution in [0.25, 0.3) is 6.08 Å². The molecule has 0 atom stereocenters. The molecule has 1 amide bonds. The third kappa shape index (κ3) is 4.61. The van der Waals surface area contributed by atoms with Crippen LogP contribution in [0.2, 0.25) is 0 Å². The van der Waals surface area contributed by atoms with Crippen LogP contribution in [-0.4, -0.2) is 29.9 Å². The molecule has 1 aliphatic heterocycles. The fraction of sp³-hybridized carbons (Fsp3) is 0.200. The minimum atomic E-state index is -0.226. The van der Waals surface area contributed by atoms with E-state index in [4.69, 9.17) is 9.47 Å². The summed E-state index contributed by atoms with van der Waals surface area (Å²) in [6.45, 7) is 4.26. The van der Waals surface area contributed by atoms with Gasteiger partial charge in [0.25, 0.3) is 5.91 Å². The van der Waals surface area contributed by atoms with Gasteiger partial charge < -0.3 is 19.9 Å². The van der Waals surface area contributed by atoms with E-state index in [2.05, 4.69) is 10.3 Å². The molecule has 0 unspecified atom stereocenters. The molecule has 2 aromatic rings. The Kier molecular flexibility index (Phi) is 6.50. The lowest BCUT2D eigenvalue weighted by Crippen LogP contribution is -2.19. The third-order valence-electron chi connectivity index (χ3n) is 3.86. The monoisotopic (exact) mass is 510 g/mol. The molecule has 0 spiro atoms. The molecule has 146 valence electrons. The van der Waals surface area contributed by atoms with Crippen LogP contribution in [0.1, 0.15) is 18.1 Å². The normalized spacial score (nSPS) is 16.5. The summed E-state index contributed by atoms with van der Waals surface area (Å²) in [5, 5.41) is 13.3. The Bertz CT molecular complexity index is 988. The number of amides is 1. The van der Waals surface area contributed by atoms with Gasteiger partial charge in [-0.05, 0) is 89.7 Å². The largest absolute Gasteiger partial charge is 0.504 e. The summed E-state index contributed by atoms with van der Waals surface area (Å²) >= 11 is 3.28. The van der Waals surface area contributed by atoms with E-state index in [0.717, 1.165) is 11.1 Å². The van der Waals surface area contributed by atoms with E-state index in [9.17, 15) is 9.90 Å². The van der Waals surface area contributed by atoms with Crippen molar-refractivity contribution in [3.05, 3.63) is 49.9 Å². The Morgan fingerprint density at radius 2 is 2.07 bits per heavy atom. The Hall–Kier alpha value is -2.20. The second kappa shape index (κ2) is 8.87. The minimum absolute atomic E-state index is 0.0990. The first-order chi connectivity index (χ1) is 13.4. The molecule has 3 rings (SSSR count). The molecule has 0 radical (unpaired) electrons. The van der Waals surface area contributed by atoms with Gasteiger partial charge >= 0.3 is 0 Å². The number of carbonyl (C=O) groups is 1. The number of ether oxygens (including phenoxy) is 2. The Morgan fingerprint density at radius 1 is 1.29 bits per heavy atom. The zero-order chi connectivity index (χ0) is 20.3. The van der Waals surface area contributed by atoms with Gasteiger partial charge in [0, 0.05) is 0 Å². The van der Waals surface area contributed by atoms with Crippen molar-refractivity contribution in [3.63, 3.8) is 0 Å². The zero-order valence-corrected chi connectivity index (χ0v) is 18.6. The predicted octanol–water partition coefficient (Wildman–Crippen LogP) is 4.60. The number of carbonyl (C=O) groups excluding carboxylic acids is 1. The first-order valence-electron chi connectivity index (χ1n) is 8.50. The number of phenolic OH excluding ortho intramolecular Hbond substituents is 1. The van der Waals surface area contributed by atoms with Crippen molar-refractivity contribution in [2.75, 3.05) is 13.7 Å². The molecular formula is C20H19IN2O4S. The van der Waals surface area contributed by atoms with Crippen molar-refractivity contribution in [3.8, 4) is 17.2 Å². The molecule has 6 nitrogen and oxygen atoms in total. The van der Waals surface area contributed by atoms with Crippen molar-refractivity contribution < 1.29 is 19.4 Å². The Balaban J connectivity index is 1.90. The number of amidine groups is 1. The minimum Gasteiger partial charge on any atom is -0.504 e. The summed E-state index contributed by atoms with van der Waals surface area (Å²) in [6.07, 6.45) is 1.75. The number of nitrogens with zero attached hydrogens (tertiary/aromatic N) is 1. The quantitative estimate of drug-likeness (QED) is 0.454. The van der Waals surface area contributed by atoms with E-state index in [-0.39, 0.29) is 11.7 Å². The van der Waals surface area contributed by atoms with Crippen LogP contribution in [0.15, 0.2) is 40.2 Å². The van der Waals surface area contributed by atoms with Gasteiger partial charge in [-0.1, -0.05) is 6.07 Å². The fourth-order valence-electron chi connectivity index (χ4n) is 2.57. The lowest BCUT2D eigenvalue weighted by molar-refractivity contribution is -0.115. The number of rotatable bonds is 5. The smallest absolute Gasteiger partial charge is 0.264 e. The maximum Gasteiger partial charge on any atom is 0.264 e. The highest BCUT2D eigenvalue weighted by Crippen LogP contribution is 2.36. The second-order valence-corrected chi connectivity index (χ2v) is 8.13. The van der Waals surface area contributed by atoms with Crippen LogP contribution in [0, 0.1) is 10.5 Å². The van der Waals surface area contributed by atoms with Gasteiger partial charge in [0.1, 0.15) is 11.4 Å². The molecule has 1 fully saturated rings. The summed E-state index contributed by atoms with van der Waals surface area (Å²) < 4.78 is 11.4. The first-order valence-corrected chi connectivity index (χ1v) is 10.4. The molecule has 0 aromatic heterocycles. The molecule has 8 heteroatoms. The number of hydrogen-bond donors (Lipinski definition) is 2. The first kappa shape index (κ1) is 20.5. The molecular weight excluding hydrogens is 491 g/mol. The summed E-state index contributed by atoms with van der Waals surface area (Å²) in [5.41, 5.74) is 2.47. The maximum absolute atomic E-state index is 12.4. The highest BCUT2D eigenvalue weighted by atomic mass is 127. The van der Waals surface area contributed by atoms with Gasteiger partial charge in [0.15, 0.2) is 16.7 Å². The van der Waals surface area contributed by atoms with Crippen molar-refractivity contribution in [1.29, 1.82) is 0 Å². The lowest BCUT2D eigenvalue weighted by atomic mass is 10.2. The number of benzene rings is 2. The molecule has 1 aliphatic rings. The molecule has 0 bridgehead atoms. The topological polar surface area (TPSA) is 80.2 Å². The molecule has 0 saturated carbocycles. The number of aliphatic imine (C=N–C) groups is 1. The van der Waals surface area contributed by atoms with Crippen molar-refractivity contribution in [2.24, 2.45) is 4.99 Å². The maximum atomic E-state index is 12.4. The standard InChI is InChI=1S/C20H19IN2O4S/c1-4-27-16-9-12(8-13(21)18(16)24)10-17-19(25)23-20(28-17)22-14-7-11(2)5-6-15(14)26-3/h5-10,24H,4H2,1-3H3,(H,22,23,25)/b17-10-. The number of aryl methyl sites for hydroxylation is 1. The van der Waals surface area contributed by atoms with Crippen molar-refractivity contribution >= 4 is 57.2 Å². The molecule has 1 saturated heterocycles. The van der Waals surface area contributed by atoms with Crippen LogP contribution in [0.4, 0.5) is 5.69 Å². The second-order valence-electron chi connectivity index (χ2n) is 5.94. The lowest BCUT2D eigenvalue weighted by Gasteiger charge is -2.08. The van der Waals surface area contributed by atoms with E-state index >= 15 is 0 Å². The number of phenols is 1. The average Bonchev–Trinajstić information content (AvgIpc) is 2.98. The van der Waals surface area contributed by atoms with Gasteiger partial charge in [0.2, 0.25) is 0 Å². The molecule has 0 aliphatic carbocycles. The SMILES string of the molecule is CCOc1cc(/C=C2\SC(=Nc3cc(C)ccc3OC)NC2=O)cc(I)c1O. The predicted molar refractivity (Wildman–Crippen MR) is 121 cm³/mol. The Morgan fingerprint density at radius 3 is 2.79 bits per heavy atom. The van der Waals surface area contributed by atoms with E-state index < -0.39 is 0 Å². The summed E-state index contributed by atoms with van der Waals surface area (Å²) in [7, 11) is 1.59. The van der Waals surface area contributed by atoms with Gasteiger partial charge in [-0.2, -0.15) is 0 Å². The molecule has 2 N–H and O–H groups in total. The number of thioether (sulfide) groups is 1. The van der Waals surface area contributed by atoms with Gasteiger partial charge in [-0.15, -0.1) is 0 Å². The van der Waals surface area contributed by atoms with Crippen LogP contribution in [0.5, 0.6) is 17.2 Å². The number of halogens is 1. The summed E-state index contributed by atoms with van der Waals surface area (Å²) in [6, 6.07) is 9.19. The van der Waals surface area contributed by atoms with Gasteiger partial charge in [-0.25, -0.2) is 4.99 Å². The molecule has 1 heterocycles. The highest BCUT2D eigenvalue weighted by Gasteiger charge is 2.24. The van der Waals surface area contributed by atoms with Gasteiger partial charge in [-0.3, -0.25) is 4.79 Å². The number of nitrogens with one attached hydrogen (secondary N) is 1. The van der Waals surface area contributed by atoms with Crippen LogP contribution in [-0.2, 0) is 4.79 Å². The zero-order valence-electron chi connectivity index (χ0n) is 15.6.